The van der Waals surface area contributed by atoms with E-state index in [1.54, 1.807) is 24.3 Å². The van der Waals surface area contributed by atoms with Crippen molar-refractivity contribution in [1.82, 2.24) is 10.2 Å². The van der Waals surface area contributed by atoms with Crippen molar-refractivity contribution in [1.29, 1.82) is 0 Å². The van der Waals surface area contributed by atoms with Crippen LogP contribution in [0, 0.1) is 5.82 Å². The van der Waals surface area contributed by atoms with Crippen LogP contribution >= 0.6 is 0 Å². The molecule has 1 aromatic heterocycles. The van der Waals surface area contributed by atoms with Crippen LogP contribution in [0.3, 0.4) is 0 Å². The van der Waals surface area contributed by atoms with Crippen LogP contribution in [0.4, 0.5) is 14.9 Å². The minimum Gasteiger partial charge on any atom is -0.267 e. The molecule has 128 valence electrons. The van der Waals surface area contributed by atoms with E-state index in [0.29, 0.717) is 26.9 Å². The Bertz CT molecular complexity index is 1130. The Balaban J connectivity index is 1.76. The van der Waals surface area contributed by atoms with Crippen molar-refractivity contribution in [3.05, 3.63) is 69.9 Å². The second kappa shape index (κ2) is 5.99. The van der Waals surface area contributed by atoms with Gasteiger partial charge in [-0.3, -0.25) is 9.59 Å². The number of halogens is 1. The van der Waals surface area contributed by atoms with E-state index in [1.807, 2.05) is 0 Å². The number of rotatable bonds is 3. The number of aromatic nitrogens is 2. The predicted molar refractivity (Wildman–Crippen MR) is 92.9 cm³/mol. The van der Waals surface area contributed by atoms with Gasteiger partial charge in [-0.05, 0) is 23.8 Å². The highest BCUT2D eigenvalue weighted by Gasteiger charge is 2.29. The summed E-state index contributed by atoms with van der Waals surface area (Å²) in [6.45, 7) is 0. The summed E-state index contributed by atoms with van der Waals surface area (Å²) in [4.78, 5) is 39.4. The first kappa shape index (κ1) is 15.8. The van der Waals surface area contributed by atoms with Gasteiger partial charge in [-0.2, -0.15) is 10.1 Å². The molecule has 7 nitrogen and oxygen atoms in total. The van der Waals surface area contributed by atoms with Crippen molar-refractivity contribution >= 4 is 34.6 Å². The van der Waals surface area contributed by atoms with Gasteiger partial charge < -0.3 is 0 Å². The van der Waals surface area contributed by atoms with Gasteiger partial charge in [-0.1, -0.05) is 24.3 Å². The van der Waals surface area contributed by atoms with Gasteiger partial charge in [-0.25, -0.2) is 19.2 Å². The van der Waals surface area contributed by atoms with Crippen molar-refractivity contribution < 1.29 is 14.0 Å². The first-order valence-electron chi connectivity index (χ1n) is 7.71. The standard InChI is InChI=1S/C18H11FN4O3/c19-13-6-5-10(8-15(13)23-16(24)9-20-18(23)26)7-14-11-3-1-2-4-12(11)17(25)22-21-14/h1-6,8-9H,7H2,(H,22,25). The SMILES string of the molecule is O=C1C=NC(=O)N1c1cc(Cc2n[nH]c(=O)c3ccccc23)ccc1F. The number of aliphatic imine (C=N–C) groups is 1. The zero-order chi connectivity index (χ0) is 18.3. The number of hydrogen-bond donors (Lipinski definition) is 1. The highest BCUT2D eigenvalue weighted by Crippen LogP contribution is 2.25. The number of imide groups is 1. The van der Waals surface area contributed by atoms with Gasteiger partial charge in [0.2, 0.25) is 0 Å². The maximum Gasteiger partial charge on any atom is 0.355 e. The molecule has 4 rings (SSSR count). The van der Waals surface area contributed by atoms with Crippen LogP contribution in [-0.4, -0.2) is 28.4 Å². The molecular weight excluding hydrogens is 339 g/mol. The zero-order valence-corrected chi connectivity index (χ0v) is 13.3. The average Bonchev–Trinajstić information content (AvgIpc) is 2.98. The number of carbonyl (C=O) groups is 2. The minimum atomic E-state index is -0.835. The van der Waals surface area contributed by atoms with Crippen molar-refractivity contribution in [2.75, 3.05) is 4.90 Å². The largest absolute Gasteiger partial charge is 0.355 e. The molecule has 3 aromatic rings. The molecule has 1 aliphatic heterocycles. The van der Waals surface area contributed by atoms with Crippen LogP contribution < -0.4 is 10.5 Å². The van der Waals surface area contributed by atoms with Gasteiger partial charge in [0.1, 0.15) is 5.82 Å². The lowest BCUT2D eigenvalue weighted by molar-refractivity contribution is -0.111. The first-order valence-corrected chi connectivity index (χ1v) is 7.71. The lowest BCUT2D eigenvalue weighted by atomic mass is 10.0. The van der Waals surface area contributed by atoms with Crippen LogP contribution in [-0.2, 0) is 11.2 Å². The highest BCUT2D eigenvalue weighted by atomic mass is 19.1. The second-order valence-corrected chi connectivity index (χ2v) is 5.72. The number of H-pyrrole nitrogens is 1. The number of urea groups is 1. The third kappa shape index (κ3) is 2.57. The number of amides is 3. The number of hydrogen-bond acceptors (Lipinski definition) is 4. The third-order valence-corrected chi connectivity index (χ3v) is 4.10. The molecule has 0 saturated carbocycles. The molecule has 26 heavy (non-hydrogen) atoms. The first-order chi connectivity index (χ1) is 12.5. The monoisotopic (exact) mass is 350 g/mol. The Morgan fingerprint density at radius 1 is 1.04 bits per heavy atom. The molecule has 1 aliphatic rings. The van der Waals surface area contributed by atoms with Crippen LogP contribution in [0.25, 0.3) is 10.8 Å². The van der Waals surface area contributed by atoms with Gasteiger partial charge >= 0.3 is 6.03 Å². The molecule has 0 aliphatic carbocycles. The summed E-state index contributed by atoms with van der Waals surface area (Å²) in [6, 6.07) is 10.3. The minimum absolute atomic E-state index is 0.163. The smallest absolute Gasteiger partial charge is 0.267 e. The number of benzene rings is 2. The fourth-order valence-corrected chi connectivity index (χ4v) is 2.88. The van der Waals surface area contributed by atoms with E-state index < -0.39 is 17.8 Å². The van der Waals surface area contributed by atoms with Gasteiger partial charge in [0.25, 0.3) is 11.5 Å². The maximum absolute atomic E-state index is 14.1. The Labute approximate surface area is 145 Å². The van der Waals surface area contributed by atoms with Crippen molar-refractivity contribution in [2.45, 2.75) is 6.42 Å². The summed E-state index contributed by atoms with van der Waals surface area (Å²) in [6.07, 6.45) is 1.13. The zero-order valence-electron chi connectivity index (χ0n) is 13.3. The van der Waals surface area contributed by atoms with Crippen molar-refractivity contribution in [3.63, 3.8) is 0 Å². The summed E-state index contributed by atoms with van der Waals surface area (Å²) in [5.41, 5.74) is 0.755. The predicted octanol–water partition coefficient (Wildman–Crippen LogP) is 2.19. The van der Waals surface area contributed by atoms with Crippen LogP contribution in [0.2, 0.25) is 0 Å². The summed E-state index contributed by atoms with van der Waals surface area (Å²) in [7, 11) is 0. The topological polar surface area (TPSA) is 95.5 Å². The van der Waals surface area contributed by atoms with Crippen molar-refractivity contribution in [2.24, 2.45) is 4.99 Å². The number of nitrogens with one attached hydrogen (secondary N) is 1. The number of carbonyl (C=O) groups excluding carboxylic acids is 2. The highest BCUT2D eigenvalue weighted by molar-refractivity contribution is 6.45. The molecule has 2 heterocycles. The van der Waals surface area contributed by atoms with Crippen LogP contribution in [0.5, 0.6) is 0 Å². The molecule has 0 unspecified atom stereocenters. The van der Waals surface area contributed by atoms with Gasteiger partial charge in [-0.15, -0.1) is 0 Å². The van der Waals surface area contributed by atoms with E-state index in [-0.39, 0.29) is 17.7 Å². The van der Waals surface area contributed by atoms with E-state index >= 15 is 0 Å². The molecular formula is C18H11FN4O3. The molecule has 2 aromatic carbocycles. The second-order valence-electron chi connectivity index (χ2n) is 5.72. The fraction of sp³-hybridized carbons (Fsp3) is 0.0556. The fourth-order valence-electron chi connectivity index (χ4n) is 2.88. The Kier molecular flexibility index (Phi) is 3.65. The lowest BCUT2D eigenvalue weighted by Crippen LogP contribution is -2.30. The van der Waals surface area contributed by atoms with E-state index in [9.17, 15) is 18.8 Å². The summed E-state index contributed by atoms with van der Waals surface area (Å²) in [5, 5.41) is 7.70. The van der Waals surface area contributed by atoms with E-state index in [4.69, 9.17) is 0 Å². The quantitative estimate of drug-likeness (QED) is 0.783. The molecule has 3 amide bonds. The van der Waals surface area contributed by atoms with Crippen LogP contribution in [0.1, 0.15) is 11.3 Å². The van der Waals surface area contributed by atoms with Gasteiger partial charge in [0.15, 0.2) is 0 Å². The molecule has 0 fully saturated rings. The van der Waals surface area contributed by atoms with Gasteiger partial charge in [0.05, 0.1) is 23.0 Å². The molecule has 1 N–H and O–H groups in total. The molecule has 8 heteroatoms. The van der Waals surface area contributed by atoms with E-state index in [1.165, 1.54) is 18.2 Å². The summed E-state index contributed by atoms with van der Waals surface area (Å²) < 4.78 is 14.1. The summed E-state index contributed by atoms with van der Waals surface area (Å²) >= 11 is 0. The van der Waals surface area contributed by atoms with Crippen molar-refractivity contribution in [3.8, 4) is 0 Å². The maximum atomic E-state index is 14.1. The molecule has 0 atom stereocenters. The van der Waals surface area contributed by atoms with Gasteiger partial charge in [0, 0.05) is 11.8 Å². The molecule has 0 spiro atoms. The van der Waals surface area contributed by atoms with E-state index in [2.05, 4.69) is 15.2 Å². The average molecular weight is 350 g/mol. The Morgan fingerprint density at radius 2 is 1.81 bits per heavy atom. The number of aromatic amines is 1. The molecule has 0 bridgehead atoms. The Hall–Kier alpha value is -3.68. The molecule has 0 radical (unpaired) electrons. The number of nitrogens with zero attached hydrogens (tertiary/aromatic N) is 3. The Morgan fingerprint density at radius 3 is 2.54 bits per heavy atom. The molecule has 0 saturated heterocycles. The third-order valence-electron chi connectivity index (χ3n) is 4.10. The van der Waals surface area contributed by atoms with E-state index in [0.717, 1.165) is 6.21 Å². The number of fused-ring (bicyclic) bond motifs is 1. The lowest BCUT2D eigenvalue weighted by Gasteiger charge is -2.14. The normalized spacial score (nSPS) is 13.8. The summed E-state index contributed by atoms with van der Waals surface area (Å²) in [5.74, 6) is -1.40. The van der Waals surface area contributed by atoms with Crippen LogP contribution in [0.15, 0.2) is 52.3 Å². The number of anilines is 1.